The highest BCUT2D eigenvalue weighted by Gasteiger charge is 2.28. The Morgan fingerprint density at radius 2 is 1.86 bits per heavy atom. The molecule has 0 aromatic heterocycles. The standard InChI is InChI=1S/C17H32N2O3/c1-2-14(16-9-6-12-22-16)18-17(21)19-15(10-11-20)13-7-4-3-5-8-13/h13-16,20H,2-12H2,1H3,(H2,18,19,21). The average Bonchev–Trinajstić information content (AvgIpc) is 3.07. The molecule has 5 nitrogen and oxygen atoms in total. The lowest BCUT2D eigenvalue weighted by Gasteiger charge is -2.31. The first-order valence-electron chi connectivity index (χ1n) is 9.04. The highest BCUT2D eigenvalue weighted by molar-refractivity contribution is 5.74. The molecule has 0 spiro atoms. The second-order valence-electron chi connectivity index (χ2n) is 6.70. The number of urea groups is 1. The van der Waals surface area contributed by atoms with E-state index in [2.05, 4.69) is 17.6 Å². The molecular weight excluding hydrogens is 280 g/mol. The number of amides is 2. The number of carbonyl (C=O) groups excluding carboxylic acids is 1. The summed E-state index contributed by atoms with van der Waals surface area (Å²) in [4.78, 5) is 12.3. The van der Waals surface area contributed by atoms with E-state index in [0.29, 0.717) is 12.3 Å². The molecule has 2 fully saturated rings. The third-order valence-corrected chi connectivity index (χ3v) is 5.15. The SMILES string of the molecule is CCC(NC(=O)NC(CCO)C1CCCCC1)C1CCCO1. The van der Waals surface area contributed by atoms with E-state index < -0.39 is 0 Å². The molecule has 1 saturated heterocycles. The zero-order valence-corrected chi connectivity index (χ0v) is 13.9. The minimum atomic E-state index is -0.105. The third kappa shape index (κ3) is 5.13. The lowest BCUT2D eigenvalue weighted by atomic mass is 9.83. The lowest BCUT2D eigenvalue weighted by molar-refractivity contribution is 0.0790. The van der Waals surface area contributed by atoms with Crippen LogP contribution in [0.1, 0.15) is 64.7 Å². The van der Waals surface area contributed by atoms with Gasteiger partial charge < -0.3 is 20.5 Å². The maximum absolute atomic E-state index is 12.3. The van der Waals surface area contributed by atoms with Gasteiger partial charge in [0.1, 0.15) is 0 Å². The largest absolute Gasteiger partial charge is 0.396 e. The van der Waals surface area contributed by atoms with Crippen molar-refractivity contribution in [1.29, 1.82) is 0 Å². The Hall–Kier alpha value is -0.810. The van der Waals surface area contributed by atoms with E-state index in [0.717, 1.165) is 38.7 Å². The molecule has 0 radical (unpaired) electrons. The Labute approximate surface area is 134 Å². The molecule has 1 saturated carbocycles. The van der Waals surface area contributed by atoms with Gasteiger partial charge in [0.05, 0.1) is 12.1 Å². The highest BCUT2D eigenvalue weighted by atomic mass is 16.5. The monoisotopic (exact) mass is 312 g/mol. The number of aliphatic hydroxyl groups excluding tert-OH is 1. The molecule has 22 heavy (non-hydrogen) atoms. The van der Waals surface area contributed by atoms with Crippen LogP contribution in [-0.4, -0.2) is 42.5 Å². The van der Waals surface area contributed by atoms with Gasteiger partial charge in [-0.1, -0.05) is 26.2 Å². The van der Waals surface area contributed by atoms with Gasteiger partial charge in [-0.05, 0) is 44.4 Å². The van der Waals surface area contributed by atoms with Gasteiger partial charge in [-0.2, -0.15) is 0 Å². The Morgan fingerprint density at radius 1 is 1.14 bits per heavy atom. The van der Waals surface area contributed by atoms with E-state index in [1.807, 2.05) is 0 Å². The van der Waals surface area contributed by atoms with Gasteiger partial charge in [0, 0.05) is 19.3 Å². The first-order valence-corrected chi connectivity index (χ1v) is 9.04. The summed E-state index contributed by atoms with van der Waals surface area (Å²) < 4.78 is 5.69. The summed E-state index contributed by atoms with van der Waals surface area (Å²) in [6.45, 7) is 3.02. The molecule has 1 aliphatic carbocycles. The zero-order chi connectivity index (χ0) is 15.8. The fourth-order valence-corrected chi connectivity index (χ4v) is 3.86. The van der Waals surface area contributed by atoms with Crippen LogP contribution < -0.4 is 10.6 Å². The maximum atomic E-state index is 12.3. The van der Waals surface area contributed by atoms with Gasteiger partial charge >= 0.3 is 6.03 Å². The molecule has 2 amide bonds. The van der Waals surface area contributed by atoms with Crippen LogP contribution >= 0.6 is 0 Å². The Kier molecular flexibility index (Phi) is 7.46. The van der Waals surface area contributed by atoms with Crippen molar-refractivity contribution in [3.8, 4) is 0 Å². The molecule has 5 heteroatoms. The normalized spacial score (nSPS) is 25.6. The minimum Gasteiger partial charge on any atom is -0.396 e. The smallest absolute Gasteiger partial charge is 0.315 e. The summed E-state index contributed by atoms with van der Waals surface area (Å²) >= 11 is 0. The van der Waals surface area contributed by atoms with Crippen molar-refractivity contribution in [2.24, 2.45) is 5.92 Å². The highest BCUT2D eigenvalue weighted by Crippen LogP contribution is 2.27. The Balaban J connectivity index is 1.83. The lowest BCUT2D eigenvalue weighted by Crippen LogP contribution is -2.52. The molecule has 3 unspecified atom stereocenters. The summed E-state index contributed by atoms with van der Waals surface area (Å²) in [5, 5.41) is 15.5. The fraction of sp³-hybridized carbons (Fsp3) is 0.941. The Morgan fingerprint density at radius 3 is 2.45 bits per heavy atom. The van der Waals surface area contributed by atoms with Crippen molar-refractivity contribution in [2.75, 3.05) is 13.2 Å². The van der Waals surface area contributed by atoms with Crippen molar-refractivity contribution in [2.45, 2.75) is 82.9 Å². The number of aliphatic hydroxyl groups is 1. The van der Waals surface area contributed by atoms with Crippen LogP contribution in [0.3, 0.4) is 0 Å². The van der Waals surface area contributed by atoms with Crippen molar-refractivity contribution in [3.05, 3.63) is 0 Å². The topological polar surface area (TPSA) is 70.6 Å². The predicted molar refractivity (Wildman–Crippen MR) is 86.8 cm³/mol. The van der Waals surface area contributed by atoms with Gasteiger partial charge in [0.2, 0.25) is 0 Å². The van der Waals surface area contributed by atoms with E-state index in [4.69, 9.17) is 4.74 Å². The van der Waals surface area contributed by atoms with Gasteiger partial charge in [-0.15, -0.1) is 0 Å². The molecule has 0 aromatic carbocycles. The molecule has 2 aliphatic rings. The number of carbonyl (C=O) groups is 1. The van der Waals surface area contributed by atoms with Crippen LogP contribution in [0.15, 0.2) is 0 Å². The molecule has 128 valence electrons. The molecular formula is C17H32N2O3. The van der Waals surface area contributed by atoms with Crippen molar-refractivity contribution in [3.63, 3.8) is 0 Å². The molecule has 0 aromatic rings. The fourth-order valence-electron chi connectivity index (χ4n) is 3.86. The first-order chi connectivity index (χ1) is 10.7. The number of hydrogen-bond donors (Lipinski definition) is 3. The number of hydrogen-bond acceptors (Lipinski definition) is 3. The van der Waals surface area contributed by atoms with E-state index in [9.17, 15) is 9.90 Å². The van der Waals surface area contributed by atoms with E-state index in [1.165, 1.54) is 19.3 Å². The minimum absolute atomic E-state index is 0.0867. The molecule has 1 aliphatic heterocycles. The van der Waals surface area contributed by atoms with E-state index in [1.54, 1.807) is 0 Å². The van der Waals surface area contributed by atoms with Gasteiger partial charge in [0.15, 0.2) is 0 Å². The predicted octanol–water partition coefficient (Wildman–Crippen LogP) is 2.57. The molecule has 3 atom stereocenters. The number of nitrogens with one attached hydrogen (secondary N) is 2. The summed E-state index contributed by atoms with van der Waals surface area (Å²) in [6.07, 6.45) is 9.89. The molecule has 2 rings (SSSR count). The second-order valence-corrected chi connectivity index (χ2v) is 6.70. The van der Waals surface area contributed by atoms with Crippen LogP contribution in [0.2, 0.25) is 0 Å². The van der Waals surface area contributed by atoms with Crippen LogP contribution in [0, 0.1) is 5.92 Å². The molecule has 0 bridgehead atoms. The van der Waals surface area contributed by atoms with Crippen LogP contribution in [0.4, 0.5) is 4.79 Å². The van der Waals surface area contributed by atoms with Crippen LogP contribution in [0.25, 0.3) is 0 Å². The van der Waals surface area contributed by atoms with Crippen LogP contribution in [-0.2, 0) is 4.74 Å². The van der Waals surface area contributed by atoms with Crippen LogP contribution in [0.5, 0.6) is 0 Å². The van der Waals surface area contributed by atoms with Crippen molar-refractivity contribution >= 4 is 6.03 Å². The second kappa shape index (κ2) is 9.36. The number of rotatable bonds is 7. The average molecular weight is 312 g/mol. The van der Waals surface area contributed by atoms with Gasteiger partial charge in [-0.25, -0.2) is 4.79 Å². The quantitative estimate of drug-likeness (QED) is 0.676. The van der Waals surface area contributed by atoms with Gasteiger partial charge in [0.25, 0.3) is 0 Å². The number of ether oxygens (including phenoxy) is 1. The Bertz CT molecular complexity index is 326. The summed E-state index contributed by atoms with van der Waals surface area (Å²) in [6, 6.07) is 0.0716. The zero-order valence-electron chi connectivity index (χ0n) is 13.9. The summed E-state index contributed by atoms with van der Waals surface area (Å²) in [5.74, 6) is 0.509. The van der Waals surface area contributed by atoms with Crippen molar-refractivity contribution < 1.29 is 14.6 Å². The summed E-state index contributed by atoms with van der Waals surface area (Å²) in [5.41, 5.74) is 0. The molecule has 1 heterocycles. The maximum Gasteiger partial charge on any atom is 0.315 e. The summed E-state index contributed by atoms with van der Waals surface area (Å²) in [7, 11) is 0. The van der Waals surface area contributed by atoms with Gasteiger partial charge in [-0.3, -0.25) is 0 Å². The third-order valence-electron chi connectivity index (χ3n) is 5.15. The molecule has 3 N–H and O–H groups in total. The first kappa shape index (κ1) is 17.5. The van der Waals surface area contributed by atoms with E-state index in [-0.39, 0.29) is 30.8 Å². The van der Waals surface area contributed by atoms with Crippen molar-refractivity contribution in [1.82, 2.24) is 10.6 Å². The van der Waals surface area contributed by atoms with E-state index >= 15 is 0 Å².